The van der Waals surface area contributed by atoms with Gasteiger partial charge in [0.25, 0.3) is 0 Å². The molecule has 3 N–H and O–H groups in total. The van der Waals surface area contributed by atoms with Gasteiger partial charge in [-0.05, 0) is 18.8 Å². The molecule has 58 valence electrons. The van der Waals surface area contributed by atoms with Crippen molar-refractivity contribution in [2.75, 3.05) is 6.61 Å². The van der Waals surface area contributed by atoms with E-state index in [0.29, 0.717) is 5.92 Å². The number of aliphatic hydroxyl groups excluding tert-OH is 1. The van der Waals surface area contributed by atoms with Crippen LogP contribution in [0.4, 0.5) is 4.79 Å². The van der Waals surface area contributed by atoms with Crippen LogP contribution in [0.1, 0.15) is 12.8 Å². The van der Waals surface area contributed by atoms with Crippen molar-refractivity contribution < 1.29 is 15.0 Å². The van der Waals surface area contributed by atoms with Crippen molar-refractivity contribution >= 4 is 6.09 Å². The number of carbonyl (C=O) groups is 1. The molecule has 0 bridgehead atoms. The third kappa shape index (κ3) is 1.88. The Morgan fingerprint density at radius 2 is 2.30 bits per heavy atom. The Kier molecular flexibility index (Phi) is 2.11. The molecule has 0 spiro atoms. The van der Waals surface area contributed by atoms with Gasteiger partial charge in [-0.25, -0.2) is 4.79 Å². The lowest BCUT2D eigenvalue weighted by Gasteiger charge is -2.11. The first-order valence-corrected chi connectivity index (χ1v) is 3.34. The van der Waals surface area contributed by atoms with Gasteiger partial charge in [-0.2, -0.15) is 0 Å². The van der Waals surface area contributed by atoms with E-state index in [2.05, 4.69) is 5.32 Å². The fraction of sp³-hybridized carbons (Fsp3) is 0.833. The van der Waals surface area contributed by atoms with Crippen LogP contribution in [0.3, 0.4) is 0 Å². The molecule has 1 amide bonds. The summed E-state index contributed by atoms with van der Waals surface area (Å²) in [5.74, 6) is 0.376. The fourth-order valence-corrected chi connectivity index (χ4v) is 0.970. The number of hydrogen-bond acceptors (Lipinski definition) is 2. The van der Waals surface area contributed by atoms with Crippen LogP contribution in [0, 0.1) is 5.92 Å². The molecule has 0 radical (unpaired) electrons. The van der Waals surface area contributed by atoms with E-state index in [1.54, 1.807) is 0 Å². The second kappa shape index (κ2) is 2.88. The highest BCUT2D eigenvalue weighted by molar-refractivity contribution is 5.64. The molecule has 4 nitrogen and oxygen atoms in total. The molecular weight excluding hydrogens is 134 g/mol. The standard InChI is InChI=1S/C6H11NO3/c8-3-5(4-1-2-4)7-6(9)10/h4-5,7-8H,1-3H2,(H,9,10)/t5-/m1/s1. The number of rotatable bonds is 3. The Hall–Kier alpha value is -0.770. The van der Waals surface area contributed by atoms with Crippen LogP contribution in [0.15, 0.2) is 0 Å². The normalized spacial score (nSPS) is 20.1. The van der Waals surface area contributed by atoms with Crippen molar-refractivity contribution in [2.45, 2.75) is 18.9 Å². The van der Waals surface area contributed by atoms with Crippen molar-refractivity contribution in [1.29, 1.82) is 0 Å². The Labute approximate surface area is 58.9 Å². The van der Waals surface area contributed by atoms with Gasteiger partial charge in [0.15, 0.2) is 0 Å². The van der Waals surface area contributed by atoms with Crippen LogP contribution in [0.5, 0.6) is 0 Å². The summed E-state index contributed by atoms with van der Waals surface area (Å²) in [6, 6.07) is -0.238. The van der Waals surface area contributed by atoms with Gasteiger partial charge in [0.2, 0.25) is 0 Å². The Bertz CT molecular complexity index is 133. The lowest BCUT2D eigenvalue weighted by Crippen LogP contribution is -2.37. The molecule has 1 rings (SSSR count). The van der Waals surface area contributed by atoms with Gasteiger partial charge in [0, 0.05) is 0 Å². The molecule has 0 heterocycles. The maximum absolute atomic E-state index is 10.1. The van der Waals surface area contributed by atoms with Crippen molar-refractivity contribution in [1.82, 2.24) is 5.32 Å². The van der Waals surface area contributed by atoms with Crippen LogP contribution in [-0.2, 0) is 0 Å². The number of carboxylic acid groups (broad SMARTS) is 1. The summed E-state index contributed by atoms with van der Waals surface area (Å²) >= 11 is 0. The van der Waals surface area contributed by atoms with Gasteiger partial charge in [-0.3, -0.25) is 0 Å². The SMILES string of the molecule is O=C(O)N[C@H](CO)C1CC1. The highest BCUT2D eigenvalue weighted by Crippen LogP contribution is 2.32. The average molecular weight is 145 g/mol. The molecule has 4 heteroatoms. The van der Waals surface area contributed by atoms with Crippen LogP contribution >= 0.6 is 0 Å². The number of hydrogen-bond donors (Lipinski definition) is 3. The molecule has 0 aromatic heterocycles. The zero-order valence-corrected chi connectivity index (χ0v) is 5.58. The summed E-state index contributed by atoms with van der Waals surface area (Å²) in [6.07, 6.45) is 1.02. The molecule has 10 heavy (non-hydrogen) atoms. The third-order valence-corrected chi connectivity index (χ3v) is 1.70. The van der Waals surface area contributed by atoms with E-state index in [1.165, 1.54) is 0 Å². The summed E-state index contributed by atoms with van der Waals surface area (Å²) in [4.78, 5) is 10.1. The first-order valence-electron chi connectivity index (χ1n) is 3.34. The topological polar surface area (TPSA) is 69.6 Å². The molecule has 0 unspecified atom stereocenters. The molecular formula is C6H11NO3. The van der Waals surface area contributed by atoms with E-state index >= 15 is 0 Å². The van der Waals surface area contributed by atoms with Gasteiger partial charge in [0.1, 0.15) is 0 Å². The molecule has 1 atom stereocenters. The lowest BCUT2D eigenvalue weighted by molar-refractivity contribution is 0.173. The Morgan fingerprint density at radius 1 is 1.70 bits per heavy atom. The maximum atomic E-state index is 10.1. The first-order chi connectivity index (χ1) is 4.74. The Balaban J connectivity index is 2.25. The quantitative estimate of drug-likeness (QED) is 0.524. The fourth-order valence-electron chi connectivity index (χ4n) is 0.970. The van der Waals surface area contributed by atoms with E-state index in [-0.39, 0.29) is 12.6 Å². The first kappa shape index (κ1) is 7.34. The average Bonchev–Trinajstić information content (AvgIpc) is 2.63. The van der Waals surface area contributed by atoms with E-state index < -0.39 is 6.09 Å². The molecule has 0 aliphatic heterocycles. The van der Waals surface area contributed by atoms with E-state index in [1.807, 2.05) is 0 Å². The molecule has 0 aromatic rings. The smallest absolute Gasteiger partial charge is 0.404 e. The summed E-state index contributed by atoms with van der Waals surface area (Å²) in [6.45, 7) is -0.0863. The van der Waals surface area contributed by atoms with Crippen LogP contribution in [-0.4, -0.2) is 29.0 Å². The van der Waals surface area contributed by atoms with Crippen molar-refractivity contribution in [3.8, 4) is 0 Å². The van der Waals surface area contributed by atoms with Crippen molar-refractivity contribution in [3.63, 3.8) is 0 Å². The predicted molar refractivity (Wildman–Crippen MR) is 34.8 cm³/mol. The molecule has 1 aliphatic carbocycles. The van der Waals surface area contributed by atoms with Gasteiger partial charge in [-0.15, -0.1) is 0 Å². The number of amides is 1. The van der Waals surface area contributed by atoms with Gasteiger partial charge >= 0.3 is 6.09 Å². The van der Waals surface area contributed by atoms with Crippen molar-refractivity contribution in [3.05, 3.63) is 0 Å². The zero-order chi connectivity index (χ0) is 7.56. The second-order valence-corrected chi connectivity index (χ2v) is 2.58. The zero-order valence-electron chi connectivity index (χ0n) is 5.58. The molecule has 1 fully saturated rings. The van der Waals surface area contributed by atoms with Gasteiger partial charge in [0.05, 0.1) is 12.6 Å². The molecule has 1 aliphatic rings. The highest BCUT2D eigenvalue weighted by Gasteiger charge is 2.31. The number of aliphatic hydroxyl groups is 1. The van der Waals surface area contributed by atoms with Crippen LogP contribution in [0.25, 0.3) is 0 Å². The molecule has 1 saturated carbocycles. The molecule has 0 saturated heterocycles. The van der Waals surface area contributed by atoms with Crippen LogP contribution < -0.4 is 5.32 Å². The maximum Gasteiger partial charge on any atom is 0.404 e. The minimum atomic E-state index is -1.05. The Morgan fingerprint density at radius 3 is 2.60 bits per heavy atom. The molecule has 0 aromatic carbocycles. The van der Waals surface area contributed by atoms with E-state index in [9.17, 15) is 4.79 Å². The van der Waals surface area contributed by atoms with Gasteiger partial charge < -0.3 is 15.5 Å². The minimum absolute atomic E-state index is 0.0863. The predicted octanol–water partition coefficient (Wildman–Crippen LogP) is 0.0249. The summed E-state index contributed by atoms with van der Waals surface area (Å²) in [7, 11) is 0. The monoisotopic (exact) mass is 145 g/mol. The summed E-state index contributed by atoms with van der Waals surface area (Å²) < 4.78 is 0. The van der Waals surface area contributed by atoms with E-state index in [0.717, 1.165) is 12.8 Å². The lowest BCUT2D eigenvalue weighted by atomic mass is 10.2. The summed E-state index contributed by atoms with van der Waals surface area (Å²) in [5, 5.41) is 19.2. The third-order valence-electron chi connectivity index (χ3n) is 1.70. The number of nitrogens with one attached hydrogen (secondary N) is 1. The van der Waals surface area contributed by atoms with E-state index in [4.69, 9.17) is 10.2 Å². The second-order valence-electron chi connectivity index (χ2n) is 2.58. The summed E-state index contributed by atoms with van der Waals surface area (Å²) in [5.41, 5.74) is 0. The highest BCUT2D eigenvalue weighted by atomic mass is 16.4. The largest absolute Gasteiger partial charge is 0.465 e. The van der Waals surface area contributed by atoms with Crippen molar-refractivity contribution in [2.24, 2.45) is 5.92 Å². The van der Waals surface area contributed by atoms with Crippen LogP contribution in [0.2, 0.25) is 0 Å². The van der Waals surface area contributed by atoms with Gasteiger partial charge in [-0.1, -0.05) is 0 Å². The minimum Gasteiger partial charge on any atom is -0.465 e.